The van der Waals surface area contributed by atoms with Crippen molar-refractivity contribution in [3.8, 4) is 0 Å². The second-order valence-corrected chi connectivity index (χ2v) is 7.35. The number of carbonyl (C=O) groups is 1. The smallest absolute Gasteiger partial charge is 0.226 e. The fourth-order valence-corrected chi connectivity index (χ4v) is 3.90. The number of nitrogens with one attached hydrogen (secondary N) is 1. The van der Waals surface area contributed by atoms with Crippen LogP contribution in [-0.2, 0) is 4.79 Å². The van der Waals surface area contributed by atoms with E-state index in [0.29, 0.717) is 23.2 Å². The molecule has 1 saturated carbocycles. The largest absolute Gasteiger partial charge is 0.350 e. The Morgan fingerprint density at radius 1 is 1.50 bits per heavy atom. The second-order valence-electron chi connectivity index (χ2n) is 5.95. The number of aliphatic imine (C=N–C) groups is 1. The first kappa shape index (κ1) is 15.7. The molecule has 1 unspecified atom stereocenters. The molecule has 1 saturated heterocycles. The Balaban J connectivity index is 1.57. The van der Waals surface area contributed by atoms with Gasteiger partial charge in [-0.1, -0.05) is 29.4 Å². The molecule has 1 aromatic carbocycles. The molecule has 0 spiro atoms. The van der Waals surface area contributed by atoms with Gasteiger partial charge in [-0.2, -0.15) is 0 Å². The van der Waals surface area contributed by atoms with Crippen LogP contribution < -0.4 is 5.32 Å². The monoisotopic (exact) mass is 337 g/mol. The molecule has 2 fully saturated rings. The van der Waals surface area contributed by atoms with Crippen LogP contribution in [0.1, 0.15) is 24.8 Å². The lowest BCUT2D eigenvalue weighted by Gasteiger charge is -2.20. The van der Waals surface area contributed by atoms with E-state index >= 15 is 0 Å². The summed E-state index contributed by atoms with van der Waals surface area (Å²) in [5.41, 5.74) is 1.76. The molecule has 1 amide bonds. The summed E-state index contributed by atoms with van der Waals surface area (Å²) in [6, 6.07) is 6.37. The SMILES string of the molecule is Cc1ccc(NC(=O)CC2CSC(=NC3CC3)N2C)c(Cl)c1. The van der Waals surface area contributed by atoms with E-state index in [2.05, 4.69) is 15.2 Å². The van der Waals surface area contributed by atoms with Crippen LogP contribution in [0.5, 0.6) is 0 Å². The third kappa shape index (κ3) is 3.76. The summed E-state index contributed by atoms with van der Waals surface area (Å²) >= 11 is 7.91. The second kappa shape index (κ2) is 6.50. The standard InChI is InChI=1S/C16H20ClN3OS/c1-10-3-6-14(13(17)7-10)19-15(21)8-12-9-22-16(20(12)2)18-11-4-5-11/h3,6-7,11-12H,4-5,8-9H2,1-2H3,(H,19,21). The average Bonchev–Trinajstić information content (AvgIpc) is 3.22. The van der Waals surface area contributed by atoms with Gasteiger partial charge in [-0.05, 0) is 37.5 Å². The maximum Gasteiger partial charge on any atom is 0.226 e. The zero-order chi connectivity index (χ0) is 15.7. The molecule has 3 rings (SSSR count). The van der Waals surface area contributed by atoms with Gasteiger partial charge in [0.2, 0.25) is 5.91 Å². The van der Waals surface area contributed by atoms with Crippen LogP contribution in [0.3, 0.4) is 0 Å². The number of anilines is 1. The first-order valence-electron chi connectivity index (χ1n) is 7.52. The molecular formula is C16H20ClN3OS. The van der Waals surface area contributed by atoms with Gasteiger partial charge in [0, 0.05) is 25.3 Å². The number of amides is 1. The highest BCUT2D eigenvalue weighted by Gasteiger charge is 2.31. The van der Waals surface area contributed by atoms with E-state index in [1.54, 1.807) is 11.8 Å². The van der Waals surface area contributed by atoms with Crippen LogP contribution in [-0.4, -0.2) is 40.9 Å². The van der Waals surface area contributed by atoms with Gasteiger partial charge < -0.3 is 10.2 Å². The van der Waals surface area contributed by atoms with Crippen molar-refractivity contribution in [1.82, 2.24) is 4.90 Å². The number of thioether (sulfide) groups is 1. The van der Waals surface area contributed by atoms with Crippen LogP contribution in [0.4, 0.5) is 5.69 Å². The Kier molecular flexibility index (Phi) is 4.64. The molecule has 1 aromatic rings. The molecule has 0 radical (unpaired) electrons. The maximum absolute atomic E-state index is 12.2. The fourth-order valence-electron chi connectivity index (χ4n) is 2.36. The fraction of sp³-hybridized carbons (Fsp3) is 0.500. The number of halogens is 1. The van der Waals surface area contributed by atoms with Crippen molar-refractivity contribution >= 4 is 40.1 Å². The summed E-state index contributed by atoms with van der Waals surface area (Å²) < 4.78 is 0. The highest BCUT2D eigenvalue weighted by Crippen LogP contribution is 2.31. The molecule has 0 aromatic heterocycles. The highest BCUT2D eigenvalue weighted by molar-refractivity contribution is 8.14. The van der Waals surface area contributed by atoms with E-state index in [4.69, 9.17) is 11.6 Å². The van der Waals surface area contributed by atoms with E-state index < -0.39 is 0 Å². The van der Waals surface area contributed by atoms with Crippen molar-refractivity contribution in [2.24, 2.45) is 4.99 Å². The molecule has 1 aliphatic heterocycles. The molecule has 1 heterocycles. The number of hydrogen-bond donors (Lipinski definition) is 1. The van der Waals surface area contributed by atoms with Crippen LogP contribution in [0, 0.1) is 6.92 Å². The van der Waals surface area contributed by atoms with Gasteiger partial charge in [-0.15, -0.1) is 0 Å². The topological polar surface area (TPSA) is 44.7 Å². The Morgan fingerprint density at radius 3 is 2.95 bits per heavy atom. The summed E-state index contributed by atoms with van der Waals surface area (Å²) in [6.07, 6.45) is 2.86. The first-order valence-corrected chi connectivity index (χ1v) is 8.88. The molecule has 2 aliphatic rings. The van der Waals surface area contributed by atoms with Crippen molar-refractivity contribution in [2.45, 2.75) is 38.3 Å². The van der Waals surface area contributed by atoms with Crippen molar-refractivity contribution in [3.63, 3.8) is 0 Å². The first-order chi connectivity index (χ1) is 10.5. The summed E-state index contributed by atoms with van der Waals surface area (Å²) in [7, 11) is 2.03. The lowest BCUT2D eigenvalue weighted by Crippen LogP contribution is -2.33. The molecule has 6 heteroatoms. The third-order valence-electron chi connectivity index (χ3n) is 3.91. The highest BCUT2D eigenvalue weighted by atomic mass is 35.5. The number of rotatable bonds is 4. The Labute approximate surface area is 140 Å². The molecule has 118 valence electrons. The van der Waals surface area contributed by atoms with Crippen molar-refractivity contribution in [2.75, 3.05) is 18.1 Å². The van der Waals surface area contributed by atoms with Crippen LogP contribution in [0.15, 0.2) is 23.2 Å². The zero-order valence-electron chi connectivity index (χ0n) is 12.8. The Morgan fingerprint density at radius 2 is 2.27 bits per heavy atom. The van der Waals surface area contributed by atoms with Crippen LogP contribution in [0.2, 0.25) is 5.02 Å². The van der Waals surface area contributed by atoms with Gasteiger partial charge in [0.15, 0.2) is 5.17 Å². The normalized spacial score (nSPS) is 23.1. The lowest BCUT2D eigenvalue weighted by atomic mass is 10.2. The van der Waals surface area contributed by atoms with Gasteiger partial charge in [-0.25, -0.2) is 0 Å². The van der Waals surface area contributed by atoms with Crippen LogP contribution >= 0.6 is 23.4 Å². The van der Waals surface area contributed by atoms with E-state index in [-0.39, 0.29) is 11.9 Å². The van der Waals surface area contributed by atoms with E-state index in [1.165, 1.54) is 12.8 Å². The molecule has 22 heavy (non-hydrogen) atoms. The van der Waals surface area contributed by atoms with Gasteiger partial charge in [0.25, 0.3) is 0 Å². The predicted molar refractivity (Wildman–Crippen MR) is 93.9 cm³/mol. The lowest BCUT2D eigenvalue weighted by molar-refractivity contribution is -0.116. The van der Waals surface area contributed by atoms with Gasteiger partial charge >= 0.3 is 0 Å². The van der Waals surface area contributed by atoms with Crippen molar-refractivity contribution in [1.29, 1.82) is 0 Å². The number of carbonyl (C=O) groups excluding carboxylic acids is 1. The summed E-state index contributed by atoms with van der Waals surface area (Å²) in [5.74, 6) is 0.910. The van der Waals surface area contributed by atoms with E-state index in [0.717, 1.165) is 16.5 Å². The number of benzene rings is 1. The predicted octanol–water partition coefficient (Wildman–Crippen LogP) is 3.54. The minimum atomic E-state index is -0.00382. The molecule has 0 bridgehead atoms. The number of hydrogen-bond acceptors (Lipinski definition) is 3. The van der Waals surface area contributed by atoms with Gasteiger partial charge in [0.1, 0.15) is 0 Å². The minimum absolute atomic E-state index is 0.00382. The Hall–Kier alpha value is -1.20. The van der Waals surface area contributed by atoms with E-state index in [1.807, 2.05) is 32.2 Å². The van der Waals surface area contributed by atoms with Crippen LogP contribution in [0.25, 0.3) is 0 Å². The molecule has 1 aliphatic carbocycles. The molecular weight excluding hydrogens is 318 g/mol. The summed E-state index contributed by atoms with van der Waals surface area (Å²) in [4.78, 5) is 19.1. The number of nitrogens with zero attached hydrogens (tertiary/aromatic N) is 2. The molecule has 4 nitrogen and oxygen atoms in total. The van der Waals surface area contributed by atoms with Crippen molar-refractivity contribution in [3.05, 3.63) is 28.8 Å². The minimum Gasteiger partial charge on any atom is -0.350 e. The third-order valence-corrected chi connectivity index (χ3v) is 5.43. The molecule has 1 atom stereocenters. The molecule has 1 N–H and O–H groups in total. The summed E-state index contributed by atoms with van der Waals surface area (Å²) in [6.45, 7) is 1.98. The average molecular weight is 338 g/mol. The summed E-state index contributed by atoms with van der Waals surface area (Å²) in [5, 5.41) is 4.57. The zero-order valence-corrected chi connectivity index (χ0v) is 14.4. The van der Waals surface area contributed by atoms with E-state index in [9.17, 15) is 4.79 Å². The van der Waals surface area contributed by atoms with Gasteiger partial charge in [-0.3, -0.25) is 9.79 Å². The van der Waals surface area contributed by atoms with Gasteiger partial charge in [0.05, 0.1) is 16.8 Å². The number of amidine groups is 1. The maximum atomic E-state index is 12.2. The quantitative estimate of drug-likeness (QED) is 0.914. The van der Waals surface area contributed by atoms with Crippen molar-refractivity contribution < 1.29 is 4.79 Å². The number of aryl methyl sites for hydroxylation is 1. The Bertz CT molecular complexity index is 615.